The Labute approximate surface area is 114 Å². The number of carbonyl (C=O) groups excluding carboxylic acids is 1. The molecule has 1 aromatic heterocycles. The Morgan fingerprint density at radius 1 is 1.53 bits per heavy atom. The zero-order valence-corrected chi connectivity index (χ0v) is 11.9. The quantitative estimate of drug-likeness (QED) is 0.889. The van der Waals surface area contributed by atoms with E-state index in [1.165, 1.54) is 12.8 Å². The highest BCUT2D eigenvalue weighted by atomic mass is 16.3. The second-order valence-electron chi connectivity index (χ2n) is 5.72. The highest BCUT2D eigenvalue weighted by molar-refractivity contribution is 5.85. The molecule has 2 N–H and O–H groups in total. The van der Waals surface area contributed by atoms with Crippen LogP contribution < -0.4 is 5.73 Å². The van der Waals surface area contributed by atoms with Gasteiger partial charge in [-0.05, 0) is 38.3 Å². The molecule has 0 aromatic carbocycles. The molecule has 1 aromatic rings. The molecule has 1 atom stereocenters. The van der Waals surface area contributed by atoms with Crippen molar-refractivity contribution in [2.24, 2.45) is 5.73 Å². The van der Waals surface area contributed by atoms with E-state index in [0.717, 1.165) is 18.6 Å². The van der Waals surface area contributed by atoms with E-state index in [4.69, 9.17) is 10.2 Å². The van der Waals surface area contributed by atoms with Crippen LogP contribution in [0.3, 0.4) is 0 Å². The number of hydrogen-bond donors (Lipinski definition) is 1. The third-order valence-corrected chi connectivity index (χ3v) is 4.16. The van der Waals surface area contributed by atoms with E-state index in [1.54, 1.807) is 6.26 Å². The summed E-state index contributed by atoms with van der Waals surface area (Å²) in [6, 6.07) is 4.08. The van der Waals surface area contributed by atoms with Crippen LogP contribution in [0.2, 0.25) is 0 Å². The van der Waals surface area contributed by atoms with E-state index in [9.17, 15) is 4.79 Å². The first-order valence-corrected chi connectivity index (χ1v) is 7.17. The molecule has 0 aliphatic heterocycles. The summed E-state index contributed by atoms with van der Waals surface area (Å²) >= 11 is 0. The van der Waals surface area contributed by atoms with Gasteiger partial charge in [-0.1, -0.05) is 19.8 Å². The monoisotopic (exact) mass is 264 g/mol. The van der Waals surface area contributed by atoms with Gasteiger partial charge < -0.3 is 15.1 Å². The van der Waals surface area contributed by atoms with Crippen molar-refractivity contribution in [1.82, 2.24) is 4.90 Å². The summed E-state index contributed by atoms with van der Waals surface area (Å²) in [6.45, 7) is 4.31. The van der Waals surface area contributed by atoms with Crippen LogP contribution in [-0.2, 0) is 11.3 Å². The molecule has 1 heterocycles. The van der Waals surface area contributed by atoms with Gasteiger partial charge in [-0.2, -0.15) is 0 Å². The number of furan rings is 1. The smallest absolute Gasteiger partial charge is 0.243 e. The summed E-state index contributed by atoms with van der Waals surface area (Å²) in [4.78, 5) is 14.6. The van der Waals surface area contributed by atoms with Crippen molar-refractivity contribution in [1.29, 1.82) is 0 Å². The summed E-state index contributed by atoms with van der Waals surface area (Å²) in [7, 11) is 0. The van der Waals surface area contributed by atoms with Crippen LogP contribution in [0.5, 0.6) is 0 Å². The van der Waals surface area contributed by atoms with Crippen LogP contribution in [0.25, 0.3) is 0 Å². The predicted molar refractivity (Wildman–Crippen MR) is 74.4 cm³/mol. The van der Waals surface area contributed by atoms with E-state index in [-0.39, 0.29) is 5.91 Å². The lowest BCUT2D eigenvalue weighted by Crippen LogP contribution is -2.55. The maximum absolute atomic E-state index is 12.7. The van der Waals surface area contributed by atoms with Crippen LogP contribution in [0.1, 0.15) is 51.7 Å². The van der Waals surface area contributed by atoms with Gasteiger partial charge in [0.15, 0.2) is 0 Å². The van der Waals surface area contributed by atoms with Gasteiger partial charge in [0.2, 0.25) is 5.91 Å². The Hall–Kier alpha value is -1.29. The Bertz CT molecular complexity index is 406. The average molecular weight is 264 g/mol. The molecule has 0 saturated heterocycles. The standard InChI is InChI=1S/C15H24N2O2/c1-3-15(2,16)14(18)17(12-7-4-5-8-12)11-13-9-6-10-19-13/h6,9-10,12H,3-5,7-8,11,16H2,1-2H3. The zero-order chi connectivity index (χ0) is 13.9. The number of amides is 1. The lowest BCUT2D eigenvalue weighted by molar-refractivity contribution is -0.139. The normalized spacial score (nSPS) is 19.3. The number of carbonyl (C=O) groups is 1. The van der Waals surface area contributed by atoms with Crippen molar-refractivity contribution >= 4 is 5.91 Å². The van der Waals surface area contributed by atoms with Gasteiger partial charge in [0.25, 0.3) is 0 Å². The molecule has 0 spiro atoms. The second kappa shape index (κ2) is 5.78. The Balaban J connectivity index is 2.16. The van der Waals surface area contributed by atoms with E-state index in [2.05, 4.69) is 0 Å². The first-order valence-electron chi connectivity index (χ1n) is 7.17. The first-order chi connectivity index (χ1) is 9.04. The maximum atomic E-state index is 12.7. The molecular weight excluding hydrogens is 240 g/mol. The van der Waals surface area contributed by atoms with Crippen LogP contribution >= 0.6 is 0 Å². The predicted octanol–water partition coefficient (Wildman–Crippen LogP) is 2.68. The number of rotatable bonds is 5. The van der Waals surface area contributed by atoms with Crippen molar-refractivity contribution in [3.05, 3.63) is 24.2 Å². The van der Waals surface area contributed by atoms with Crippen molar-refractivity contribution in [2.45, 2.75) is 64.1 Å². The molecule has 1 aliphatic rings. The summed E-state index contributed by atoms with van der Waals surface area (Å²) in [6.07, 6.45) is 6.83. The van der Waals surface area contributed by atoms with Gasteiger partial charge >= 0.3 is 0 Å². The molecule has 106 valence electrons. The van der Waals surface area contributed by atoms with Gasteiger partial charge in [-0.25, -0.2) is 0 Å². The highest BCUT2D eigenvalue weighted by Gasteiger charge is 2.36. The Kier molecular flexibility index (Phi) is 4.30. The molecule has 4 nitrogen and oxygen atoms in total. The molecular formula is C15H24N2O2. The van der Waals surface area contributed by atoms with Crippen molar-refractivity contribution in [3.8, 4) is 0 Å². The molecule has 0 radical (unpaired) electrons. The molecule has 0 bridgehead atoms. The van der Waals surface area contributed by atoms with Crippen LogP contribution in [0.4, 0.5) is 0 Å². The maximum Gasteiger partial charge on any atom is 0.243 e. The van der Waals surface area contributed by atoms with E-state index < -0.39 is 5.54 Å². The highest BCUT2D eigenvalue weighted by Crippen LogP contribution is 2.27. The second-order valence-corrected chi connectivity index (χ2v) is 5.72. The summed E-state index contributed by atoms with van der Waals surface area (Å²) in [5.41, 5.74) is 5.35. The fourth-order valence-corrected chi connectivity index (χ4v) is 2.63. The number of hydrogen-bond acceptors (Lipinski definition) is 3. The minimum absolute atomic E-state index is 0.0401. The minimum atomic E-state index is -0.783. The van der Waals surface area contributed by atoms with E-state index in [1.807, 2.05) is 30.9 Å². The Morgan fingerprint density at radius 2 is 2.21 bits per heavy atom. The first kappa shape index (κ1) is 14.1. The van der Waals surface area contributed by atoms with Crippen molar-refractivity contribution in [3.63, 3.8) is 0 Å². The van der Waals surface area contributed by atoms with Gasteiger partial charge in [0.05, 0.1) is 18.3 Å². The fraction of sp³-hybridized carbons (Fsp3) is 0.667. The van der Waals surface area contributed by atoms with Crippen LogP contribution in [-0.4, -0.2) is 22.4 Å². The molecule has 1 unspecified atom stereocenters. The molecule has 19 heavy (non-hydrogen) atoms. The van der Waals surface area contributed by atoms with Crippen LogP contribution in [0.15, 0.2) is 22.8 Å². The number of nitrogens with two attached hydrogens (primary N) is 1. The third-order valence-electron chi connectivity index (χ3n) is 4.16. The number of nitrogens with zero attached hydrogens (tertiary/aromatic N) is 1. The zero-order valence-electron chi connectivity index (χ0n) is 11.9. The average Bonchev–Trinajstić information content (AvgIpc) is 3.07. The van der Waals surface area contributed by atoms with Crippen LogP contribution in [0, 0.1) is 0 Å². The van der Waals surface area contributed by atoms with Crippen molar-refractivity contribution < 1.29 is 9.21 Å². The summed E-state index contributed by atoms with van der Waals surface area (Å²) in [5.74, 6) is 0.866. The molecule has 1 amide bonds. The van der Waals surface area contributed by atoms with Gasteiger partial charge in [0.1, 0.15) is 5.76 Å². The van der Waals surface area contributed by atoms with E-state index in [0.29, 0.717) is 19.0 Å². The van der Waals surface area contributed by atoms with Gasteiger partial charge in [0, 0.05) is 6.04 Å². The molecule has 1 fully saturated rings. The lowest BCUT2D eigenvalue weighted by Gasteiger charge is -2.34. The topological polar surface area (TPSA) is 59.5 Å². The Morgan fingerprint density at radius 3 is 2.74 bits per heavy atom. The van der Waals surface area contributed by atoms with Gasteiger partial charge in [-0.3, -0.25) is 4.79 Å². The SMILES string of the molecule is CCC(C)(N)C(=O)N(Cc1ccco1)C1CCCC1. The van der Waals surface area contributed by atoms with E-state index >= 15 is 0 Å². The third kappa shape index (κ3) is 3.18. The largest absolute Gasteiger partial charge is 0.467 e. The van der Waals surface area contributed by atoms with Crippen molar-refractivity contribution in [2.75, 3.05) is 0 Å². The molecule has 1 saturated carbocycles. The van der Waals surface area contributed by atoms with Gasteiger partial charge in [-0.15, -0.1) is 0 Å². The summed E-state index contributed by atoms with van der Waals surface area (Å²) in [5, 5.41) is 0. The fourth-order valence-electron chi connectivity index (χ4n) is 2.63. The molecule has 2 rings (SSSR count). The molecule has 4 heteroatoms. The molecule has 1 aliphatic carbocycles. The summed E-state index contributed by atoms with van der Waals surface area (Å²) < 4.78 is 5.39. The minimum Gasteiger partial charge on any atom is -0.467 e. The lowest BCUT2D eigenvalue weighted by atomic mass is 9.97.